The van der Waals surface area contributed by atoms with Gasteiger partial charge in [0.25, 0.3) is 0 Å². The highest BCUT2D eigenvalue weighted by atomic mass is 19.1. The number of halogens is 1. The van der Waals surface area contributed by atoms with E-state index in [4.69, 9.17) is 5.26 Å². The minimum Gasteiger partial charge on any atom is -0.504 e. The van der Waals surface area contributed by atoms with Crippen LogP contribution in [0.3, 0.4) is 0 Å². The van der Waals surface area contributed by atoms with Crippen LogP contribution in [0.5, 0.6) is 5.75 Å². The van der Waals surface area contributed by atoms with Crippen LogP contribution in [0, 0.1) is 17.1 Å². The van der Waals surface area contributed by atoms with Crippen molar-refractivity contribution in [1.29, 1.82) is 5.26 Å². The molecule has 5 nitrogen and oxygen atoms in total. The smallest absolute Gasteiger partial charge is 0.195 e. The normalized spacial score (nSPS) is 13.8. The van der Waals surface area contributed by atoms with Crippen LogP contribution in [0.25, 0.3) is 10.9 Å². The molecule has 0 radical (unpaired) electrons. The summed E-state index contributed by atoms with van der Waals surface area (Å²) < 4.78 is 15.9. The second kappa shape index (κ2) is 5.42. The Bertz CT molecular complexity index is 1070. The molecule has 1 aliphatic rings. The first kappa shape index (κ1) is 15.3. The van der Waals surface area contributed by atoms with E-state index in [-0.39, 0.29) is 16.9 Å². The molecule has 0 spiro atoms. The lowest BCUT2D eigenvalue weighted by molar-refractivity contribution is 0.103. The number of ketones is 1. The summed E-state index contributed by atoms with van der Waals surface area (Å²) >= 11 is 0. The van der Waals surface area contributed by atoms with Crippen LogP contribution in [0.15, 0.2) is 30.6 Å². The number of aryl methyl sites for hydroxylation is 1. The third-order valence-electron chi connectivity index (χ3n) is 4.69. The molecule has 1 saturated carbocycles. The van der Waals surface area contributed by atoms with E-state index in [2.05, 4.69) is 4.98 Å². The number of phenols is 1. The van der Waals surface area contributed by atoms with Gasteiger partial charge >= 0.3 is 0 Å². The van der Waals surface area contributed by atoms with E-state index in [1.807, 2.05) is 11.6 Å². The first-order valence-electron chi connectivity index (χ1n) is 7.92. The van der Waals surface area contributed by atoms with Crippen molar-refractivity contribution in [2.45, 2.75) is 18.8 Å². The number of carbonyl (C=O) groups excluding carboxylic acids is 1. The SMILES string of the molecule is Cn1c(C2CC2)c(C(=O)c2cc(F)c(O)c(C#N)c2)c2ccncc21. The number of carbonyl (C=O) groups is 1. The maximum absolute atomic E-state index is 13.9. The van der Waals surface area contributed by atoms with Crippen molar-refractivity contribution in [2.24, 2.45) is 7.05 Å². The molecule has 25 heavy (non-hydrogen) atoms. The molecule has 124 valence electrons. The zero-order valence-electron chi connectivity index (χ0n) is 13.5. The third-order valence-corrected chi connectivity index (χ3v) is 4.69. The van der Waals surface area contributed by atoms with E-state index < -0.39 is 11.6 Å². The molecule has 0 unspecified atom stereocenters. The lowest BCUT2D eigenvalue weighted by Crippen LogP contribution is -2.07. The molecule has 6 heteroatoms. The number of nitriles is 1. The molecular weight excluding hydrogens is 321 g/mol. The number of benzene rings is 1. The molecule has 3 aromatic rings. The summed E-state index contributed by atoms with van der Waals surface area (Å²) in [7, 11) is 1.90. The van der Waals surface area contributed by atoms with Crippen molar-refractivity contribution >= 4 is 16.7 Å². The maximum atomic E-state index is 13.9. The van der Waals surface area contributed by atoms with Gasteiger partial charge < -0.3 is 9.67 Å². The number of aromatic nitrogens is 2. The molecule has 0 atom stereocenters. The summed E-state index contributed by atoms with van der Waals surface area (Å²) in [5, 5.41) is 19.4. The predicted octanol–water partition coefficient (Wildman–Crippen LogP) is 3.40. The Morgan fingerprint density at radius 1 is 1.44 bits per heavy atom. The van der Waals surface area contributed by atoms with Gasteiger partial charge in [-0.1, -0.05) is 0 Å². The highest BCUT2D eigenvalue weighted by Crippen LogP contribution is 2.45. The van der Waals surface area contributed by atoms with Crippen LogP contribution < -0.4 is 0 Å². The van der Waals surface area contributed by atoms with Crippen LogP contribution in [-0.4, -0.2) is 20.4 Å². The summed E-state index contributed by atoms with van der Waals surface area (Å²) in [4.78, 5) is 17.3. The minimum absolute atomic E-state index is 0.0538. The Hall–Kier alpha value is -3.20. The fourth-order valence-electron chi connectivity index (χ4n) is 3.33. The van der Waals surface area contributed by atoms with Gasteiger partial charge in [-0.3, -0.25) is 9.78 Å². The average molecular weight is 335 g/mol. The van der Waals surface area contributed by atoms with E-state index in [0.29, 0.717) is 11.5 Å². The second-order valence-corrected chi connectivity index (χ2v) is 6.28. The van der Waals surface area contributed by atoms with E-state index in [0.717, 1.165) is 35.5 Å². The molecule has 0 saturated heterocycles. The van der Waals surface area contributed by atoms with Crippen molar-refractivity contribution in [3.05, 3.63) is 58.8 Å². The van der Waals surface area contributed by atoms with Gasteiger partial charge in [-0.2, -0.15) is 5.26 Å². The van der Waals surface area contributed by atoms with Crippen LogP contribution in [0.2, 0.25) is 0 Å². The highest BCUT2D eigenvalue weighted by molar-refractivity contribution is 6.17. The first-order valence-corrected chi connectivity index (χ1v) is 7.92. The van der Waals surface area contributed by atoms with E-state index in [9.17, 15) is 14.3 Å². The van der Waals surface area contributed by atoms with Crippen LogP contribution in [0.4, 0.5) is 4.39 Å². The standard InChI is InChI=1S/C19H14FN3O2/c1-23-15-9-22-5-4-13(15)16(17(23)10-2-3-10)19(25)11-6-12(8-21)18(24)14(20)7-11/h4-7,9-10,24H,2-3H2,1H3. The molecule has 1 N–H and O–H groups in total. The number of rotatable bonds is 3. The Kier molecular flexibility index (Phi) is 3.32. The Balaban J connectivity index is 1.96. The molecule has 0 bridgehead atoms. The molecule has 2 heterocycles. The van der Waals surface area contributed by atoms with Crippen molar-refractivity contribution in [1.82, 2.24) is 9.55 Å². The Morgan fingerprint density at radius 3 is 2.88 bits per heavy atom. The molecule has 2 aromatic heterocycles. The first-order chi connectivity index (χ1) is 12.0. The zero-order valence-corrected chi connectivity index (χ0v) is 13.5. The van der Waals surface area contributed by atoms with Gasteiger partial charge in [0.05, 0.1) is 22.8 Å². The van der Waals surface area contributed by atoms with Gasteiger partial charge in [0, 0.05) is 35.8 Å². The van der Waals surface area contributed by atoms with Gasteiger partial charge in [0.15, 0.2) is 17.3 Å². The number of phenolic OH excluding ortho intramolecular Hbond substituents is 1. The molecule has 1 aromatic carbocycles. The van der Waals surface area contributed by atoms with Crippen molar-refractivity contribution in [3.8, 4) is 11.8 Å². The van der Waals surface area contributed by atoms with E-state index in [1.165, 1.54) is 6.07 Å². The van der Waals surface area contributed by atoms with E-state index in [1.54, 1.807) is 24.5 Å². The van der Waals surface area contributed by atoms with Gasteiger partial charge in [-0.25, -0.2) is 4.39 Å². The fourth-order valence-corrected chi connectivity index (χ4v) is 3.33. The van der Waals surface area contributed by atoms with Gasteiger partial charge in [-0.15, -0.1) is 0 Å². The minimum atomic E-state index is -0.975. The largest absolute Gasteiger partial charge is 0.504 e. The number of hydrogen-bond acceptors (Lipinski definition) is 4. The van der Waals surface area contributed by atoms with Crippen molar-refractivity contribution in [3.63, 3.8) is 0 Å². The monoisotopic (exact) mass is 335 g/mol. The number of pyridine rings is 1. The molecule has 1 fully saturated rings. The Morgan fingerprint density at radius 2 is 2.20 bits per heavy atom. The quantitative estimate of drug-likeness (QED) is 0.744. The second-order valence-electron chi connectivity index (χ2n) is 6.28. The van der Waals surface area contributed by atoms with Crippen LogP contribution >= 0.6 is 0 Å². The molecule has 0 amide bonds. The summed E-state index contributed by atoms with van der Waals surface area (Å²) in [6, 6.07) is 5.71. The summed E-state index contributed by atoms with van der Waals surface area (Å²) in [5.41, 5.74) is 2.08. The summed E-state index contributed by atoms with van der Waals surface area (Å²) in [6.07, 6.45) is 5.33. The molecular formula is C19H14FN3O2. The lowest BCUT2D eigenvalue weighted by atomic mass is 9.97. The van der Waals surface area contributed by atoms with Gasteiger partial charge in [0.1, 0.15) is 6.07 Å². The van der Waals surface area contributed by atoms with Crippen molar-refractivity contribution < 1.29 is 14.3 Å². The van der Waals surface area contributed by atoms with Crippen LogP contribution in [0.1, 0.15) is 45.9 Å². The maximum Gasteiger partial charge on any atom is 0.195 e. The predicted molar refractivity (Wildman–Crippen MR) is 88.9 cm³/mol. The molecule has 0 aliphatic heterocycles. The lowest BCUT2D eigenvalue weighted by Gasteiger charge is -2.07. The summed E-state index contributed by atoms with van der Waals surface area (Å²) in [6.45, 7) is 0. The Labute approximate surface area is 143 Å². The van der Waals surface area contributed by atoms with Gasteiger partial charge in [-0.05, 0) is 31.0 Å². The number of aromatic hydroxyl groups is 1. The zero-order chi connectivity index (χ0) is 17.7. The average Bonchev–Trinajstić information content (AvgIpc) is 3.41. The summed E-state index contributed by atoms with van der Waals surface area (Å²) in [5.74, 6) is -1.76. The highest BCUT2D eigenvalue weighted by Gasteiger charge is 2.33. The number of nitrogens with zero attached hydrogens (tertiary/aromatic N) is 3. The fraction of sp³-hybridized carbons (Fsp3) is 0.211. The van der Waals surface area contributed by atoms with Gasteiger partial charge in [0.2, 0.25) is 0 Å². The number of hydrogen-bond donors (Lipinski definition) is 1. The third kappa shape index (κ3) is 2.28. The van der Waals surface area contributed by atoms with Crippen molar-refractivity contribution in [2.75, 3.05) is 0 Å². The van der Waals surface area contributed by atoms with Crippen LogP contribution in [-0.2, 0) is 7.05 Å². The topological polar surface area (TPSA) is 78.9 Å². The number of fused-ring (bicyclic) bond motifs is 1. The molecule has 1 aliphatic carbocycles. The molecule has 4 rings (SSSR count). The van der Waals surface area contributed by atoms with E-state index >= 15 is 0 Å².